The lowest BCUT2D eigenvalue weighted by Crippen LogP contribution is -2.31. The van der Waals surface area contributed by atoms with Crippen molar-refractivity contribution < 1.29 is 8.81 Å². The molecule has 0 saturated carbocycles. The highest BCUT2D eigenvalue weighted by Gasteiger charge is 2.18. The van der Waals surface area contributed by atoms with E-state index < -0.39 is 0 Å². The van der Waals surface area contributed by atoms with Gasteiger partial charge in [0.1, 0.15) is 5.58 Å². The number of nitrogens with zero attached hydrogens (tertiary/aromatic N) is 3. The van der Waals surface area contributed by atoms with Crippen molar-refractivity contribution in [3.63, 3.8) is 0 Å². The van der Waals surface area contributed by atoms with E-state index in [1.165, 1.54) is 11.6 Å². The number of pyridine rings is 1. The SMILES string of the molecule is Fc1cccnc1N1CCCN(Cc2ccc3occc3c2)CC1. The summed E-state index contributed by atoms with van der Waals surface area (Å²) in [5.41, 5.74) is 2.20. The first-order chi connectivity index (χ1) is 11.8. The quantitative estimate of drug-likeness (QED) is 0.735. The molecule has 0 N–H and O–H groups in total. The summed E-state index contributed by atoms with van der Waals surface area (Å²) in [6.45, 7) is 4.45. The Morgan fingerprint density at radius 2 is 2.04 bits per heavy atom. The first-order valence-corrected chi connectivity index (χ1v) is 8.33. The van der Waals surface area contributed by atoms with E-state index in [1.807, 2.05) is 12.1 Å². The summed E-state index contributed by atoms with van der Waals surface area (Å²) in [7, 11) is 0. The molecule has 0 unspecified atom stereocenters. The smallest absolute Gasteiger partial charge is 0.165 e. The number of hydrogen-bond acceptors (Lipinski definition) is 4. The minimum atomic E-state index is -0.239. The van der Waals surface area contributed by atoms with Crippen LogP contribution in [-0.4, -0.2) is 36.1 Å². The molecule has 124 valence electrons. The molecule has 1 aliphatic rings. The highest BCUT2D eigenvalue weighted by Crippen LogP contribution is 2.20. The number of hydrogen-bond donors (Lipinski definition) is 0. The van der Waals surface area contributed by atoms with Crippen molar-refractivity contribution >= 4 is 16.8 Å². The lowest BCUT2D eigenvalue weighted by atomic mass is 10.1. The van der Waals surface area contributed by atoms with Crippen molar-refractivity contribution in [1.82, 2.24) is 9.88 Å². The van der Waals surface area contributed by atoms with E-state index in [4.69, 9.17) is 4.42 Å². The minimum Gasteiger partial charge on any atom is -0.464 e. The topological polar surface area (TPSA) is 32.5 Å². The van der Waals surface area contributed by atoms with E-state index in [9.17, 15) is 4.39 Å². The summed E-state index contributed by atoms with van der Waals surface area (Å²) in [4.78, 5) is 8.67. The molecular weight excluding hydrogens is 305 g/mol. The maximum absolute atomic E-state index is 13.9. The Morgan fingerprint density at radius 1 is 1.08 bits per heavy atom. The van der Waals surface area contributed by atoms with Gasteiger partial charge in [0.15, 0.2) is 11.6 Å². The van der Waals surface area contributed by atoms with Crippen LogP contribution < -0.4 is 4.90 Å². The molecule has 1 aliphatic heterocycles. The zero-order chi connectivity index (χ0) is 16.4. The number of halogens is 1. The minimum absolute atomic E-state index is 0.239. The number of furan rings is 1. The molecule has 3 heterocycles. The molecule has 0 atom stereocenters. The standard InChI is InChI=1S/C19H20FN3O/c20-17-3-1-7-21-19(17)23-9-2-8-22(10-11-23)14-15-4-5-18-16(13-15)6-12-24-18/h1,3-7,12-13H,2,8-11,14H2. The number of benzene rings is 1. The highest BCUT2D eigenvalue weighted by molar-refractivity contribution is 5.77. The second-order valence-corrected chi connectivity index (χ2v) is 6.22. The Balaban J connectivity index is 1.44. The van der Waals surface area contributed by atoms with E-state index in [1.54, 1.807) is 18.5 Å². The van der Waals surface area contributed by atoms with Gasteiger partial charge in [-0.15, -0.1) is 0 Å². The molecule has 1 fully saturated rings. The maximum Gasteiger partial charge on any atom is 0.165 e. The fourth-order valence-corrected chi connectivity index (χ4v) is 3.32. The number of rotatable bonds is 3. The molecule has 4 nitrogen and oxygen atoms in total. The van der Waals surface area contributed by atoms with Crippen LogP contribution in [0.5, 0.6) is 0 Å². The normalized spacial score (nSPS) is 16.5. The van der Waals surface area contributed by atoms with Crippen LogP contribution in [0.1, 0.15) is 12.0 Å². The van der Waals surface area contributed by atoms with Gasteiger partial charge in [-0.05, 0) is 42.3 Å². The zero-order valence-corrected chi connectivity index (χ0v) is 13.5. The van der Waals surface area contributed by atoms with E-state index in [-0.39, 0.29) is 5.82 Å². The van der Waals surface area contributed by atoms with E-state index >= 15 is 0 Å². The van der Waals surface area contributed by atoms with Gasteiger partial charge in [-0.25, -0.2) is 9.37 Å². The molecule has 1 aromatic carbocycles. The van der Waals surface area contributed by atoms with Crippen molar-refractivity contribution in [3.05, 3.63) is 60.2 Å². The summed E-state index contributed by atoms with van der Waals surface area (Å²) in [5.74, 6) is 0.232. The van der Waals surface area contributed by atoms with Crippen molar-refractivity contribution in [3.8, 4) is 0 Å². The molecule has 4 rings (SSSR count). The van der Waals surface area contributed by atoms with Gasteiger partial charge in [0.25, 0.3) is 0 Å². The fraction of sp³-hybridized carbons (Fsp3) is 0.316. The van der Waals surface area contributed by atoms with E-state index in [0.717, 1.165) is 50.1 Å². The molecule has 0 radical (unpaired) electrons. The Morgan fingerprint density at radius 3 is 2.96 bits per heavy atom. The molecule has 0 spiro atoms. The molecule has 1 saturated heterocycles. The number of anilines is 1. The van der Waals surface area contributed by atoms with Crippen LogP contribution in [0.4, 0.5) is 10.2 Å². The van der Waals surface area contributed by atoms with Crippen LogP contribution in [-0.2, 0) is 6.54 Å². The third kappa shape index (κ3) is 3.12. The van der Waals surface area contributed by atoms with Gasteiger partial charge in [-0.2, -0.15) is 0 Å². The zero-order valence-electron chi connectivity index (χ0n) is 13.5. The average Bonchev–Trinajstić information content (AvgIpc) is 2.94. The molecule has 0 amide bonds. The lowest BCUT2D eigenvalue weighted by molar-refractivity contribution is 0.285. The first-order valence-electron chi connectivity index (χ1n) is 8.33. The number of fused-ring (bicyclic) bond motifs is 1. The first kappa shape index (κ1) is 15.1. The van der Waals surface area contributed by atoms with Crippen LogP contribution in [0.2, 0.25) is 0 Å². The largest absolute Gasteiger partial charge is 0.464 e. The monoisotopic (exact) mass is 325 g/mol. The molecule has 2 aromatic heterocycles. The lowest BCUT2D eigenvalue weighted by Gasteiger charge is -2.23. The summed E-state index contributed by atoms with van der Waals surface area (Å²) in [5, 5.41) is 1.14. The van der Waals surface area contributed by atoms with Gasteiger partial charge < -0.3 is 9.32 Å². The van der Waals surface area contributed by atoms with Gasteiger partial charge in [-0.1, -0.05) is 6.07 Å². The van der Waals surface area contributed by atoms with Crippen molar-refractivity contribution in [2.24, 2.45) is 0 Å². The molecule has 3 aromatic rings. The van der Waals surface area contributed by atoms with Gasteiger partial charge >= 0.3 is 0 Å². The highest BCUT2D eigenvalue weighted by atomic mass is 19.1. The fourth-order valence-electron chi connectivity index (χ4n) is 3.32. The summed E-state index contributed by atoms with van der Waals surface area (Å²) in [6.07, 6.45) is 4.38. The van der Waals surface area contributed by atoms with Crippen molar-refractivity contribution in [2.45, 2.75) is 13.0 Å². The van der Waals surface area contributed by atoms with Crippen LogP contribution in [0.3, 0.4) is 0 Å². The predicted molar refractivity (Wildman–Crippen MR) is 92.5 cm³/mol. The van der Waals surface area contributed by atoms with Crippen molar-refractivity contribution in [1.29, 1.82) is 0 Å². The summed E-state index contributed by atoms with van der Waals surface area (Å²) in [6, 6.07) is 11.4. The maximum atomic E-state index is 13.9. The molecule has 24 heavy (non-hydrogen) atoms. The molecular formula is C19H20FN3O. The van der Waals surface area contributed by atoms with Crippen molar-refractivity contribution in [2.75, 3.05) is 31.1 Å². The van der Waals surface area contributed by atoms with Gasteiger partial charge in [0, 0.05) is 44.3 Å². The Labute approximate surface area is 140 Å². The van der Waals surface area contributed by atoms with Crippen LogP contribution in [0.15, 0.2) is 53.3 Å². The second-order valence-electron chi connectivity index (χ2n) is 6.22. The summed E-state index contributed by atoms with van der Waals surface area (Å²) < 4.78 is 19.3. The van der Waals surface area contributed by atoms with Crippen LogP contribution in [0, 0.1) is 5.82 Å². The predicted octanol–water partition coefficient (Wildman–Crippen LogP) is 3.68. The molecule has 0 bridgehead atoms. The van der Waals surface area contributed by atoms with E-state index in [2.05, 4.69) is 26.9 Å². The van der Waals surface area contributed by atoms with Gasteiger partial charge in [-0.3, -0.25) is 4.90 Å². The van der Waals surface area contributed by atoms with Crippen LogP contribution in [0.25, 0.3) is 11.0 Å². The number of aromatic nitrogens is 1. The van der Waals surface area contributed by atoms with Gasteiger partial charge in [0.2, 0.25) is 0 Å². The summed E-state index contributed by atoms with van der Waals surface area (Å²) >= 11 is 0. The van der Waals surface area contributed by atoms with Crippen LogP contribution >= 0.6 is 0 Å². The van der Waals surface area contributed by atoms with Gasteiger partial charge in [0.05, 0.1) is 6.26 Å². The third-order valence-electron chi connectivity index (χ3n) is 4.55. The Kier molecular flexibility index (Phi) is 4.17. The molecule has 0 aliphatic carbocycles. The Bertz CT molecular complexity index is 832. The van der Waals surface area contributed by atoms with E-state index in [0.29, 0.717) is 5.82 Å². The Hall–Kier alpha value is -2.40. The third-order valence-corrected chi connectivity index (χ3v) is 4.55. The molecule has 5 heteroatoms. The second kappa shape index (κ2) is 6.61. The average molecular weight is 325 g/mol.